The van der Waals surface area contributed by atoms with Crippen LogP contribution in [0.3, 0.4) is 0 Å². The molecule has 2 rings (SSSR count). The summed E-state index contributed by atoms with van der Waals surface area (Å²) in [6, 6.07) is 9.08. The first-order valence-electron chi connectivity index (χ1n) is 6.33. The van der Waals surface area contributed by atoms with E-state index in [-0.39, 0.29) is 13.1 Å². The number of hydrogen-bond donors (Lipinski definition) is 2. The number of rotatable bonds is 5. The number of nitrogens with two attached hydrogens (primary N) is 1. The molecule has 0 unspecified atom stereocenters. The maximum Gasteiger partial charge on any atom is 0.243 e. The number of benzene rings is 1. The summed E-state index contributed by atoms with van der Waals surface area (Å²) in [5.74, 6) is -0.808. The summed E-state index contributed by atoms with van der Waals surface area (Å²) < 4.78 is 40.4. The van der Waals surface area contributed by atoms with Gasteiger partial charge in [-0.15, -0.1) is 0 Å². The largest absolute Gasteiger partial charge is 0.326 e. The number of pyridine rings is 1. The van der Waals surface area contributed by atoms with Crippen LogP contribution in [0.15, 0.2) is 41.3 Å². The highest BCUT2D eigenvalue weighted by atomic mass is 32.2. The Morgan fingerprint density at radius 1 is 1.29 bits per heavy atom. The zero-order chi connectivity index (χ0) is 15.5. The van der Waals surface area contributed by atoms with Gasteiger partial charge in [-0.05, 0) is 36.8 Å². The molecule has 1 heterocycles. The number of aryl methyl sites for hydroxylation is 1. The number of sulfonamides is 1. The summed E-state index contributed by atoms with van der Waals surface area (Å²) in [4.78, 5) is 3.78. The molecule has 0 radical (unpaired) electrons. The Labute approximate surface area is 123 Å². The second kappa shape index (κ2) is 6.30. The molecule has 112 valence electrons. The maximum absolute atomic E-state index is 13.7. The summed E-state index contributed by atoms with van der Waals surface area (Å²) in [7, 11) is -3.96. The number of nitrogens with zero attached hydrogens (tertiary/aromatic N) is 1. The van der Waals surface area contributed by atoms with E-state index in [4.69, 9.17) is 5.73 Å². The Morgan fingerprint density at radius 2 is 2.05 bits per heavy atom. The van der Waals surface area contributed by atoms with E-state index < -0.39 is 20.7 Å². The van der Waals surface area contributed by atoms with Crippen molar-refractivity contribution in [1.29, 1.82) is 0 Å². The molecular weight excluding hydrogens is 293 g/mol. The van der Waals surface area contributed by atoms with Crippen LogP contribution in [-0.4, -0.2) is 13.4 Å². The third-order valence-electron chi connectivity index (χ3n) is 2.91. The van der Waals surface area contributed by atoms with Gasteiger partial charge in [-0.2, -0.15) is 0 Å². The van der Waals surface area contributed by atoms with Crippen molar-refractivity contribution in [3.63, 3.8) is 0 Å². The van der Waals surface area contributed by atoms with Crippen LogP contribution in [0.25, 0.3) is 0 Å². The minimum atomic E-state index is -3.96. The molecule has 3 N–H and O–H groups in total. The zero-order valence-corrected chi connectivity index (χ0v) is 12.3. The van der Waals surface area contributed by atoms with Crippen molar-refractivity contribution in [2.45, 2.75) is 24.9 Å². The zero-order valence-electron chi connectivity index (χ0n) is 11.5. The molecule has 0 saturated heterocycles. The Morgan fingerprint density at radius 3 is 2.71 bits per heavy atom. The van der Waals surface area contributed by atoms with Crippen LogP contribution < -0.4 is 10.5 Å². The minimum absolute atomic E-state index is 0.00366. The van der Waals surface area contributed by atoms with Gasteiger partial charge in [-0.25, -0.2) is 17.5 Å². The third-order valence-corrected chi connectivity index (χ3v) is 4.33. The topological polar surface area (TPSA) is 85.1 Å². The maximum atomic E-state index is 13.7. The van der Waals surface area contributed by atoms with Crippen molar-refractivity contribution >= 4 is 10.0 Å². The fourth-order valence-electron chi connectivity index (χ4n) is 1.83. The van der Waals surface area contributed by atoms with E-state index in [0.29, 0.717) is 11.3 Å². The first-order valence-corrected chi connectivity index (χ1v) is 7.81. The summed E-state index contributed by atoms with van der Waals surface area (Å²) >= 11 is 0. The fraction of sp³-hybridized carbons (Fsp3) is 0.214. The van der Waals surface area contributed by atoms with Crippen molar-refractivity contribution < 1.29 is 12.8 Å². The van der Waals surface area contributed by atoms with Gasteiger partial charge in [0.2, 0.25) is 10.0 Å². The van der Waals surface area contributed by atoms with Gasteiger partial charge >= 0.3 is 0 Å². The first-order chi connectivity index (χ1) is 9.92. The van der Waals surface area contributed by atoms with E-state index in [9.17, 15) is 12.8 Å². The fourth-order valence-corrected chi connectivity index (χ4v) is 2.95. The lowest BCUT2D eigenvalue weighted by atomic mass is 10.2. The van der Waals surface area contributed by atoms with E-state index >= 15 is 0 Å². The number of hydrogen-bond acceptors (Lipinski definition) is 4. The molecule has 21 heavy (non-hydrogen) atoms. The van der Waals surface area contributed by atoms with Gasteiger partial charge < -0.3 is 5.73 Å². The molecule has 0 aliphatic carbocycles. The van der Waals surface area contributed by atoms with Crippen LogP contribution in [0.2, 0.25) is 0 Å². The standard InChI is InChI=1S/C14H16FN3O2S/c1-10-3-2-4-12(18-10)9-17-21(19,20)14-7-11(8-16)5-6-13(14)15/h2-7,17H,8-9,16H2,1H3. The molecule has 2 aromatic rings. The lowest BCUT2D eigenvalue weighted by Crippen LogP contribution is -2.25. The molecule has 1 aromatic carbocycles. The van der Waals surface area contributed by atoms with Gasteiger partial charge in [-0.3, -0.25) is 4.98 Å². The smallest absolute Gasteiger partial charge is 0.243 e. The van der Waals surface area contributed by atoms with E-state index in [1.165, 1.54) is 12.1 Å². The molecule has 0 fully saturated rings. The van der Waals surface area contributed by atoms with Crippen LogP contribution in [-0.2, 0) is 23.1 Å². The summed E-state index contributed by atoms with van der Waals surface area (Å²) in [5.41, 5.74) is 7.34. The molecule has 0 atom stereocenters. The van der Waals surface area contributed by atoms with Crippen molar-refractivity contribution in [3.8, 4) is 0 Å². The van der Waals surface area contributed by atoms with E-state index in [2.05, 4.69) is 9.71 Å². The molecule has 0 aliphatic heterocycles. The second-order valence-electron chi connectivity index (χ2n) is 4.56. The quantitative estimate of drug-likeness (QED) is 0.876. The molecule has 0 amide bonds. The Balaban J connectivity index is 2.22. The molecule has 0 saturated carbocycles. The average molecular weight is 309 g/mol. The van der Waals surface area contributed by atoms with Crippen LogP contribution in [0.1, 0.15) is 17.0 Å². The van der Waals surface area contributed by atoms with E-state index in [0.717, 1.165) is 11.8 Å². The van der Waals surface area contributed by atoms with E-state index in [1.807, 2.05) is 13.0 Å². The van der Waals surface area contributed by atoms with Crippen LogP contribution >= 0.6 is 0 Å². The summed E-state index contributed by atoms with van der Waals surface area (Å²) in [5, 5.41) is 0. The molecule has 0 bridgehead atoms. The number of halogens is 1. The summed E-state index contributed by atoms with van der Waals surface area (Å²) in [6.45, 7) is 1.95. The molecule has 5 nitrogen and oxygen atoms in total. The van der Waals surface area contributed by atoms with Gasteiger partial charge in [0.15, 0.2) is 0 Å². The van der Waals surface area contributed by atoms with Gasteiger partial charge in [0.05, 0.1) is 12.2 Å². The van der Waals surface area contributed by atoms with Gasteiger partial charge in [0, 0.05) is 12.2 Å². The van der Waals surface area contributed by atoms with Crippen LogP contribution in [0.4, 0.5) is 4.39 Å². The highest BCUT2D eigenvalue weighted by Crippen LogP contribution is 2.16. The molecular formula is C14H16FN3O2S. The first kappa shape index (κ1) is 15.6. The van der Waals surface area contributed by atoms with Crippen molar-refractivity contribution in [2.75, 3.05) is 0 Å². The van der Waals surface area contributed by atoms with E-state index in [1.54, 1.807) is 12.1 Å². The SMILES string of the molecule is Cc1cccc(CNS(=O)(=O)c2cc(CN)ccc2F)n1. The predicted octanol–water partition coefficient (Wildman–Crippen LogP) is 1.47. The highest BCUT2D eigenvalue weighted by Gasteiger charge is 2.19. The molecule has 0 aliphatic rings. The predicted molar refractivity (Wildman–Crippen MR) is 77.3 cm³/mol. The van der Waals surface area contributed by atoms with Crippen molar-refractivity contribution in [1.82, 2.24) is 9.71 Å². The number of aromatic nitrogens is 1. The monoisotopic (exact) mass is 309 g/mol. The number of nitrogens with one attached hydrogen (secondary N) is 1. The average Bonchev–Trinajstić information content (AvgIpc) is 2.46. The highest BCUT2D eigenvalue weighted by molar-refractivity contribution is 7.89. The molecule has 0 spiro atoms. The van der Waals surface area contributed by atoms with Gasteiger partial charge in [0.1, 0.15) is 10.7 Å². The Kier molecular flexibility index (Phi) is 4.66. The molecule has 7 heteroatoms. The lowest BCUT2D eigenvalue weighted by Gasteiger charge is -2.09. The summed E-state index contributed by atoms with van der Waals surface area (Å²) in [6.07, 6.45) is 0. The molecule has 1 aromatic heterocycles. The van der Waals surface area contributed by atoms with Crippen molar-refractivity contribution in [2.24, 2.45) is 5.73 Å². The Bertz CT molecular complexity index is 748. The Hall–Kier alpha value is -1.83. The lowest BCUT2D eigenvalue weighted by molar-refractivity contribution is 0.555. The second-order valence-corrected chi connectivity index (χ2v) is 6.30. The third kappa shape index (κ3) is 3.84. The van der Waals surface area contributed by atoms with Crippen molar-refractivity contribution in [3.05, 3.63) is 59.2 Å². The van der Waals surface area contributed by atoms with Crippen LogP contribution in [0, 0.1) is 12.7 Å². The van der Waals surface area contributed by atoms with Gasteiger partial charge in [-0.1, -0.05) is 12.1 Å². The normalized spacial score (nSPS) is 11.6. The van der Waals surface area contributed by atoms with Gasteiger partial charge in [0.25, 0.3) is 0 Å². The van der Waals surface area contributed by atoms with Crippen LogP contribution in [0.5, 0.6) is 0 Å². The minimum Gasteiger partial charge on any atom is -0.326 e.